The highest BCUT2D eigenvalue weighted by Crippen LogP contribution is 2.43. The maximum atomic E-state index is 13.2. The van der Waals surface area contributed by atoms with E-state index in [1.54, 1.807) is 0 Å². The monoisotopic (exact) mass is 459 g/mol. The maximum absolute atomic E-state index is 13.2. The molecule has 0 fully saturated rings. The third kappa shape index (κ3) is 4.56. The summed E-state index contributed by atoms with van der Waals surface area (Å²) in [5.74, 6) is -1.15. The van der Waals surface area contributed by atoms with E-state index in [1.807, 2.05) is 25.1 Å². The van der Waals surface area contributed by atoms with Crippen molar-refractivity contribution >= 4 is 22.1 Å². The number of hydrogen-bond donors (Lipinski definition) is 2. The predicted octanol–water partition coefficient (Wildman–Crippen LogP) is 4.04. The minimum absolute atomic E-state index is 0.0119. The minimum atomic E-state index is -3.83. The molecule has 8 heteroatoms. The van der Waals surface area contributed by atoms with E-state index in [0.29, 0.717) is 12.2 Å². The number of halogens is 1. The molecule has 6 nitrogen and oxygen atoms in total. The van der Waals surface area contributed by atoms with Crippen LogP contribution in [-0.4, -0.2) is 32.1 Å². The molecule has 2 atom stereocenters. The van der Waals surface area contributed by atoms with Crippen LogP contribution in [0.4, 0.5) is 4.39 Å². The normalized spacial score (nSPS) is 18.5. The van der Waals surface area contributed by atoms with Crippen LogP contribution < -0.4 is 9.46 Å². The molecule has 32 heavy (non-hydrogen) atoms. The summed E-state index contributed by atoms with van der Waals surface area (Å²) in [5.41, 5.74) is 4.23. The first-order valence-corrected chi connectivity index (χ1v) is 12.2. The quantitative estimate of drug-likeness (QED) is 0.652. The first kappa shape index (κ1) is 22.5. The molecule has 2 aliphatic carbocycles. The zero-order chi connectivity index (χ0) is 22.9. The molecular formula is C24H26FNO5S. The van der Waals surface area contributed by atoms with Gasteiger partial charge in [0, 0.05) is 17.5 Å². The fourth-order valence-electron chi connectivity index (χ4n) is 4.69. The summed E-state index contributed by atoms with van der Waals surface area (Å²) >= 11 is 0. The van der Waals surface area contributed by atoms with Crippen molar-refractivity contribution in [3.63, 3.8) is 0 Å². The number of benzene rings is 2. The smallest absolute Gasteiger partial charge is 0.341 e. The number of rotatable bonds is 7. The minimum Gasteiger partial charge on any atom is -0.481 e. The summed E-state index contributed by atoms with van der Waals surface area (Å²) in [4.78, 5) is 11.1. The lowest BCUT2D eigenvalue weighted by Gasteiger charge is -2.33. The zero-order valence-electron chi connectivity index (χ0n) is 17.8. The molecule has 0 saturated carbocycles. The van der Waals surface area contributed by atoms with E-state index in [-0.39, 0.29) is 10.8 Å². The van der Waals surface area contributed by atoms with Gasteiger partial charge in [-0.05, 0) is 86.1 Å². The molecule has 2 aromatic carbocycles. The standard InChI is InChI=1S/C24H26FNO5S/c1-15(26-32(29,30)18-11-9-17(25)10-12-18)19-7-4-8-21-22(31-14-23(27)28)13-16-5-2-3-6-20(16)24(19)21/h4,8-13,15,19,26H,2-3,5-7,14H2,1H3,(H,27,28). The van der Waals surface area contributed by atoms with Gasteiger partial charge in [-0.1, -0.05) is 12.2 Å². The Hall–Kier alpha value is -2.71. The van der Waals surface area contributed by atoms with E-state index in [1.165, 1.54) is 17.7 Å². The Bertz CT molecular complexity index is 1160. The van der Waals surface area contributed by atoms with Gasteiger partial charge in [-0.3, -0.25) is 0 Å². The second-order valence-corrected chi connectivity index (χ2v) is 10.1. The van der Waals surface area contributed by atoms with Gasteiger partial charge in [-0.25, -0.2) is 22.3 Å². The van der Waals surface area contributed by atoms with Crippen molar-refractivity contribution in [1.82, 2.24) is 4.72 Å². The molecule has 2 aromatic rings. The number of carboxylic acid groups (broad SMARTS) is 1. The van der Waals surface area contributed by atoms with Gasteiger partial charge in [0.1, 0.15) is 11.6 Å². The first-order valence-electron chi connectivity index (χ1n) is 10.7. The number of sulfonamides is 1. The summed E-state index contributed by atoms with van der Waals surface area (Å²) in [5, 5.41) is 9.07. The lowest BCUT2D eigenvalue weighted by molar-refractivity contribution is -0.139. The van der Waals surface area contributed by atoms with Crippen LogP contribution in [0.3, 0.4) is 0 Å². The molecule has 2 N–H and O–H groups in total. The fraction of sp³-hybridized carbons (Fsp3) is 0.375. The van der Waals surface area contributed by atoms with Crippen LogP contribution in [0.25, 0.3) is 6.08 Å². The van der Waals surface area contributed by atoms with Crippen LogP contribution in [0, 0.1) is 5.82 Å². The fourth-order valence-corrected chi connectivity index (χ4v) is 5.98. The summed E-state index contributed by atoms with van der Waals surface area (Å²) in [6, 6.07) is 6.25. The largest absolute Gasteiger partial charge is 0.481 e. The van der Waals surface area contributed by atoms with Gasteiger partial charge in [0.15, 0.2) is 6.61 Å². The molecule has 0 heterocycles. The maximum Gasteiger partial charge on any atom is 0.341 e. The Morgan fingerprint density at radius 3 is 2.69 bits per heavy atom. The second-order valence-electron chi connectivity index (χ2n) is 8.34. The van der Waals surface area contributed by atoms with E-state index in [9.17, 15) is 17.6 Å². The molecule has 2 unspecified atom stereocenters. The van der Waals surface area contributed by atoms with Gasteiger partial charge in [0.05, 0.1) is 4.90 Å². The Labute approximate surface area is 187 Å². The number of aliphatic carboxylic acids is 1. The number of allylic oxidation sites excluding steroid dienone is 1. The van der Waals surface area contributed by atoms with Gasteiger partial charge in [0.25, 0.3) is 0 Å². The van der Waals surface area contributed by atoms with Crippen molar-refractivity contribution in [3.05, 3.63) is 64.5 Å². The molecule has 0 aromatic heterocycles. The van der Waals surface area contributed by atoms with E-state index in [4.69, 9.17) is 9.84 Å². The van der Waals surface area contributed by atoms with Crippen LogP contribution in [0.2, 0.25) is 0 Å². The number of aryl methyl sites for hydroxylation is 1. The molecule has 2 aliphatic rings. The topological polar surface area (TPSA) is 92.7 Å². The lowest BCUT2D eigenvalue weighted by Crippen LogP contribution is -2.38. The van der Waals surface area contributed by atoms with Crippen molar-refractivity contribution < 1.29 is 27.4 Å². The number of carbonyl (C=O) groups is 1. The van der Waals surface area contributed by atoms with E-state index >= 15 is 0 Å². The molecule has 0 amide bonds. The van der Waals surface area contributed by atoms with Crippen molar-refractivity contribution in [2.75, 3.05) is 6.61 Å². The molecule has 0 radical (unpaired) electrons. The van der Waals surface area contributed by atoms with E-state index in [0.717, 1.165) is 54.5 Å². The molecular weight excluding hydrogens is 433 g/mol. The molecule has 0 aliphatic heterocycles. The second kappa shape index (κ2) is 9.03. The number of fused-ring (bicyclic) bond motifs is 3. The summed E-state index contributed by atoms with van der Waals surface area (Å²) < 4.78 is 47.4. The Kier molecular flexibility index (Phi) is 6.35. The van der Waals surface area contributed by atoms with Gasteiger partial charge < -0.3 is 9.84 Å². The average molecular weight is 460 g/mol. The first-order chi connectivity index (χ1) is 15.3. The molecule has 4 rings (SSSR count). The lowest BCUT2D eigenvalue weighted by atomic mass is 9.75. The summed E-state index contributed by atoms with van der Waals surface area (Å²) in [6.45, 7) is 1.39. The van der Waals surface area contributed by atoms with Crippen LogP contribution >= 0.6 is 0 Å². The van der Waals surface area contributed by atoms with Crippen molar-refractivity contribution in [3.8, 4) is 5.75 Å². The van der Waals surface area contributed by atoms with Crippen molar-refractivity contribution in [2.45, 2.75) is 55.9 Å². The van der Waals surface area contributed by atoms with Crippen molar-refractivity contribution in [2.24, 2.45) is 0 Å². The molecule has 170 valence electrons. The average Bonchev–Trinajstić information content (AvgIpc) is 2.77. The van der Waals surface area contributed by atoms with Crippen LogP contribution in [0.15, 0.2) is 41.3 Å². The molecule has 0 saturated heterocycles. The van der Waals surface area contributed by atoms with Gasteiger partial charge >= 0.3 is 5.97 Å². The predicted molar refractivity (Wildman–Crippen MR) is 119 cm³/mol. The number of nitrogens with one attached hydrogen (secondary N) is 1. The Morgan fingerprint density at radius 2 is 1.97 bits per heavy atom. The third-order valence-electron chi connectivity index (χ3n) is 6.16. The number of carboxylic acids is 1. The van der Waals surface area contributed by atoms with Gasteiger partial charge in [-0.2, -0.15) is 0 Å². The molecule has 0 spiro atoms. The highest BCUT2D eigenvalue weighted by molar-refractivity contribution is 7.89. The Balaban J connectivity index is 1.70. The summed E-state index contributed by atoms with van der Waals surface area (Å²) in [7, 11) is -3.83. The summed E-state index contributed by atoms with van der Waals surface area (Å²) in [6.07, 6.45) is 8.46. The highest BCUT2D eigenvalue weighted by Gasteiger charge is 2.32. The van der Waals surface area contributed by atoms with E-state index in [2.05, 4.69) is 4.72 Å². The van der Waals surface area contributed by atoms with Gasteiger partial charge in [0.2, 0.25) is 10.0 Å². The Morgan fingerprint density at radius 1 is 1.25 bits per heavy atom. The van der Waals surface area contributed by atoms with Crippen LogP contribution in [-0.2, 0) is 27.7 Å². The van der Waals surface area contributed by atoms with Crippen molar-refractivity contribution in [1.29, 1.82) is 0 Å². The molecule has 0 bridgehead atoms. The van der Waals surface area contributed by atoms with Gasteiger partial charge in [-0.15, -0.1) is 0 Å². The van der Waals surface area contributed by atoms with Crippen LogP contribution in [0.5, 0.6) is 5.75 Å². The highest BCUT2D eigenvalue weighted by atomic mass is 32.2. The zero-order valence-corrected chi connectivity index (χ0v) is 18.6. The number of ether oxygens (including phenoxy) is 1. The number of hydrogen-bond acceptors (Lipinski definition) is 4. The van der Waals surface area contributed by atoms with E-state index < -0.39 is 34.5 Å². The van der Waals surface area contributed by atoms with Crippen LogP contribution in [0.1, 0.15) is 54.4 Å². The SMILES string of the molecule is CC(NS(=O)(=O)c1ccc(F)cc1)C1CC=Cc2c(OCC(=O)O)cc3c(c21)CCCC3. The third-order valence-corrected chi connectivity index (χ3v) is 7.74.